The predicted octanol–water partition coefficient (Wildman–Crippen LogP) is 1.83. The summed E-state index contributed by atoms with van der Waals surface area (Å²) in [6, 6.07) is 6.30. The molecule has 1 amide bonds. The minimum atomic E-state index is -4.85. The van der Waals surface area contributed by atoms with Crippen LogP contribution in [0.15, 0.2) is 45.9 Å². The molecule has 1 aromatic carbocycles. The van der Waals surface area contributed by atoms with Gasteiger partial charge in [0, 0.05) is 26.3 Å². The first-order valence-corrected chi connectivity index (χ1v) is 10.1. The van der Waals surface area contributed by atoms with E-state index < -0.39 is 39.2 Å². The Labute approximate surface area is 170 Å². The number of furan rings is 1. The maximum Gasteiger partial charge on any atom is 0.573 e. The lowest BCUT2D eigenvalue weighted by molar-refractivity contribution is -0.274. The Morgan fingerprint density at radius 2 is 1.87 bits per heavy atom. The van der Waals surface area contributed by atoms with Gasteiger partial charge in [-0.15, -0.1) is 13.2 Å². The van der Waals surface area contributed by atoms with Crippen LogP contribution in [0.2, 0.25) is 0 Å². The van der Waals surface area contributed by atoms with Gasteiger partial charge in [-0.3, -0.25) is 14.9 Å². The number of nitrogens with one attached hydrogen (secondary N) is 3. The van der Waals surface area contributed by atoms with Gasteiger partial charge < -0.3 is 14.1 Å². The fourth-order valence-corrected chi connectivity index (χ4v) is 3.90. The van der Waals surface area contributed by atoms with Crippen LogP contribution in [0, 0.1) is 5.92 Å². The first-order valence-electron chi connectivity index (χ1n) is 8.64. The van der Waals surface area contributed by atoms with Gasteiger partial charge in [-0.1, -0.05) is 0 Å². The topological polar surface area (TPSA) is 113 Å². The zero-order chi connectivity index (χ0) is 22.1. The lowest BCUT2D eigenvalue weighted by Crippen LogP contribution is -2.34. The highest BCUT2D eigenvalue weighted by Gasteiger charge is 2.37. The molecule has 164 valence electrons. The van der Waals surface area contributed by atoms with E-state index in [-0.39, 0.29) is 17.4 Å². The van der Waals surface area contributed by atoms with Gasteiger partial charge in [0.1, 0.15) is 11.5 Å². The highest BCUT2D eigenvalue weighted by atomic mass is 32.2. The maximum atomic E-state index is 12.5. The number of halogens is 3. The first kappa shape index (κ1) is 21.9. The van der Waals surface area contributed by atoms with Crippen molar-refractivity contribution >= 4 is 21.6 Å². The van der Waals surface area contributed by atoms with Crippen LogP contribution >= 0.6 is 0 Å². The molecule has 0 saturated carbocycles. The van der Waals surface area contributed by atoms with E-state index in [2.05, 4.69) is 20.3 Å². The Bertz CT molecular complexity index is 1010. The van der Waals surface area contributed by atoms with Gasteiger partial charge in [0.05, 0.1) is 12.0 Å². The number of carbonyl (C=O) groups is 1. The minimum Gasteiger partial charge on any atom is -0.446 e. The van der Waals surface area contributed by atoms with E-state index in [0.29, 0.717) is 6.54 Å². The number of ether oxygens (including phenoxy) is 1. The molecule has 1 saturated heterocycles. The van der Waals surface area contributed by atoms with Crippen LogP contribution < -0.4 is 20.3 Å². The highest BCUT2D eigenvalue weighted by molar-refractivity contribution is 7.92. The smallest absolute Gasteiger partial charge is 0.446 e. The number of hydrazine groups is 1. The number of sulfonamides is 1. The molecule has 1 aliphatic heterocycles. The average Bonchev–Trinajstić information content (AvgIpc) is 3.30. The summed E-state index contributed by atoms with van der Waals surface area (Å²) in [5, 5.41) is -0.405. The van der Waals surface area contributed by atoms with Crippen molar-refractivity contribution in [3.63, 3.8) is 0 Å². The third kappa shape index (κ3) is 5.04. The monoisotopic (exact) mass is 448 g/mol. The van der Waals surface area contributed by atoms with Gasteiger partial charge in [-0.25, -0.2) is 5.43 Å². The number of hydrogen-bond donors (Lipinski definition) is 3. The predicted molar refractivity (Wildman–Crippen MR) is 98.7 cm³/mol. The molecule has 0 spiro atoms. The van der Waals surface area contributed by atoms with E-state index >= 15 is 0 Å². The van der Waals surface area contributed by atoms with Crippen molar-refractivity contribution in [2.45, 2.75) is 17.5 Å². The fraction of sp³-hybridized carbons (Fsp3) is 0.353. The summed E-state index contributed by atoms with van der Waals surface area (Å²) in [5.41, 5.74) is 5.75. The van der Waals surface area contributed by atoms with Gasteiger partial charge in [0.15, 0.2) is 0 Å². The number of alkyl halides is 3. The molecule has 1 aliphatic rings. The average molecular weight is 448 g/mol. The van der Waals surface area contributed by atoms with Gasteiger partial charge in [-0.05, 0) is 36.4 Å². The van der Waals surface area contributed by atoms with Gasteiger partial charge in [0.25, 0.3) is 10.0 Å². The van der Waals surface area contributed by atoms with E-state index in [9.17, 15) is 26.4 Å². The molecule has 2 unspecified atom stereocenters. The number of anilines is 1. The van der Waals surface area contributed by atoms with Crippen molar-refractivity contribution in [1.82, 2.24) is 15.8 Å². The molecule has 2 atom stereocenters. The number of rotatable bonds is 6. The highest BCUT2D eigenvalue weighted by Crippen LogP contribution is 2.30. The summed E-state index contributed by atoms with van der Waals surface area (Å²) in [7, 11) is -0.916. The molecule has 1 aromatic heterocycles. The summed E-state index contributed by atoms with van der Waals surface area (Å²) < 4.78 is 73.1. The van der Waals surface area contributed by atoms with E-state index in [4.69, 9.17) is 4.42 Å². The Kier molecular flexibility index (Phi) is 5.97. The number of benzene rings is 1. The quantitative estimate of drug-likeness (QED) is 0.618. The largest absolute Gasteiger partial charge is 0.573 e. The zero-order valence-electron chi connectivity index (χ0n) is 15.9. The summed E-state index contributed by atoms with van der Waals surface area (Å²) in [6.45, 7) is 0.342. The SMILES string of the molecule is CN(C)C(=O)C1CNNC1c1ccc(S(=O)(=O)Nc2ccc(OC(F)(F)F)cc2)o1. The lowest BCUT2D eigenvalue weighted by atomic mass is 9.99. The summed E-state index contributed by atoms with van der Waals surface area (Å²) in [4.78, 5) is 13.7. The number of carbonyl (C=O) groups excluding carboxylic acids is 1. The van der Waals surface area contributed by atoms with Gasteiger partial charge in [0.2, 0.25) is 11.0 Å². The molecule has 30 heavy (non-hydrogen) atoms. The van der Waals surface area contributed by atoms with Crippen molar-refractivity contribution in [3.05, 3.63) is 42.2 Å². The molecule has 3 N–H and O–H groups in total. The summed E-state index contributed by atoms with van der Waals surface area (Å²) in [6.07, 6.45) is -4.85. The van der Waals surface area contributed by atoms with E-state index in [1.165, 1.54) is 17.0 Å². The van der Waals surface area contributed by atoms with E-state index in [1.807, 2.05) is 0 Å². The molecule has 13 heteroatoms. The van der Waals surface area contributed by atoms with Gasteiger partial charge >= 0.3 is 6.36 Å². The fourth-order valence-electron chi connectivity index (χ4n) is 2.90. The van der Waals surface area contributed by atoms with E-state index in [0.717, 1.165) is 24.3 Å². The molecule has 3 rings (SSSR count). The van der Waals surface area contributed by atoms with Crippen LogP contribution in [0.1, 0.15) is 11.8 Å². The third-order valence-electron chi connectivity index (χ3n) is 4.25. The van der Waals surface area contributed by atoms with Crippen LogP contribution in [0.5, 0.6) is 5.75 Å². The Balaban J connectivity index is 1.73. The first-order chi connectivity index (χ1) is 14.0. The number of amides is 1. The third-order valence-corrected chi connectivity index (χ3v) is 5.51. The van der Waals surface area contributed by atoms with Crippen molar-refractivity contribution in [3.8, 4) is 5.75 Å². The molecular formula is C17H19F3N4O5S. The summed E-state index contributed by atoms with van der Waals surface area (Å²) >= 11 is 0. The zero-order valence-corrected chi connectivity index (χ0v) is 16.7. The molecule has 0 bridgehead atoms. The molecular weight excluding hydrogens is 429 g/mol. The minimum absolute atomic E-state index is 0.0174. The van der Waals surface area contributed by atoms with E-state index in [1.54, 1.807) is 14.1 Å². The van der Waals surface area contributed by atoms with Crippen molar-refractivity contribution < 1.29 is 35.5 Å². The second-order valence-electron chi connectivity index (χ2n) is 6.68. The molecule has 2 heterocycles. The molecule has 0 radical (unpaired) electrons. The number of hydrogen-bond acceptors (Lipinski definition) is 7. The van der Waals surface area contributed by atoms with Crippen molar-refractivity contribution in [2.24, 2.45) is 5.92 Å². The molecule has 2 aromatic rings. The van der Waals surface area contributed by atoms with Crippen LogP contribution in [0.3, 0.4) is 0 Å². The standard InChI is InChI=1S/C17H19F3N4O5S/c1-24(2)16(25)12-9-21-22-15(12)13-7-8-14(28-13)30(26,27)23-10-3-5-11(6-4-10)29-17(18,19)20/h3-8,12,15,21-23H,9H2,1-2H3. The molecule has 9 nitrogen and oxygen atoms in total. The van der Waals surface area contributed by atoms with Crippen molar-refractivity contribution in [1.29, 1.82) is 0 Å². The van der Waals surface area contributed by atoms with Crippen LogP contribution in [-0.4, -0.2) is 46.2 Å². The Morgan fingerprint density at radius 1 is 1.20 bits per heavy atom. The maximum absolute atomic E-state index is 12.5. The van der Waals surface area contributed by atoms with Gasteiger partial charge in [-0.2, -0.15) is 8.42 Å². The summed E-state index contributed by atoms with van der Waals surface area (Å²) in [5.74, 6) is -0.884. The second-order valence-corrected chi connectivity index (χ2v) is 8.29. The number of nitrogens with zero attached hydrogens (tertiary/aromatic N) is 1. The van der Waals surface area contributed by atoms with Crippen molar-refractivity contribution in [2.75, 3.05) is 25.4 Å². The Hall–Kier alpha value is -2.77. The Morgan fingerprint density at radius 3 is 2.47 bits per heavy atom. The second kappa shape index (κ2) is 8.16. The van der Waals surface area contributed by atoms with Crippen LogP contribution in [0.4, 0.5) is 18.9 Å². The molecule has 0 aliphatic carbocycles. The van der Waals surface area contributed by atoms with Crippen LogP contribution in [-0.2, 0) is 14.8 Å². The van der Waals surface area contributed by atoms with Crippen LogP contribution in [0.25, 0.3) is 0 Å². The normalized spacial score (nSPS) is 19.5. The molecule has 1 fully saturated rings. The lowest BCUT2D eigenvalue weighted by Gasteiger charge is -2.19.